The summed E-state index contributed by atoms with van der Waals surface area (Å²) in [5.74, 6) is -0.00922. The molecule has 0 aliphatic rings. The highest BCUT2D eigenvalue weighted by atomic mass is 16.5. The van der Waals surface area contributed by atoms with E-state index < -0.39 is 12.1 Å². The predicted octanol–water partition coefficient (Wildman–Crippen LogP) is 22.8. The summed E-state index contributed by atoms with van der Waals surface area (Å²) in [4.78, 5) is 24.6. The van der Waals surface area contributed by atoms with E-state index in [-0.39, 0.29) is 18.5 Å². The number of hydrogen-bond donors (Lipinski definition) is 3. The first-order valence-electron chi connectivity index (χ1n) is 35.4. The van der Waals surface area contributed by atoms with Crippen molar-refractivity contribution in [3.8, 4) is 0 Å². The van der Waals surface area contributed by atoms with Crippen molar-refractivity contribution in [2.24, 2.45) is 0 Å². The van der Waals surface area contributed by atoms with Crippen molar-refractivity contribution in [3.05, 3.63) is 12.2 Å². The van der Waals surface area contributed by atoms with Crippen molar-refractivity contribution in [2.75, 3.05) is 13.2 Å². The van der Waals surface area contributed by atoms with Crippen LogP contribution in [0.2, 0.25) is 0 Å². The fourth-order valence-corrected chi connectivity index (χ4v) is 11.4. The largest absolute Gasteiger partial charge is 0.466 e. The molecule has 0 bridgehead atoms. The summed E-state index contributed by atoms with van der Waals surface area (Å²) in [5.41, 5.74) is 0. The zero-order chi connectivity index (χ0) is 55.7. The van der Waals surface area contributed by atoms with Gasteiger partial charge in [-0.3, -0.25) is 9.59 Å². The molecule has 3 N–H and O–H groups in total. The summed E-state index contributed by atoms with van der Waals surface area (Å²) in [7, 11) is 0. The number of amides is 1. The molecule has 0 saturated carbocycles. The molecule has 0 aromatic carbocycles. The lowest BCUT2D eigenvalue weighted by atomic mass is 10.0. The van der Waals surface area contributed by atoms with Crippen LogP contribution in [0.5, 0.6) is 0 Å². The van der Waals surface area contributed by atoms with Crippen LogP contribution in [0.3, 0.4) is 0 Å². The van der Waals surface area contributed by atoms with Crippen LogP contribution in [0.1, 0.15) is 406 Å². The van der Waals surface area contributed by atoms with Crippen LogP contribution in [-0.2, 0) is 14.3 Å². The summed E-state index contributed by atoms with van der Waals surface area (Å²) >= 11 is 0. The summed E-state index contributed by atoms with van der Waals surface area (Å²) < 4.78 is 5.51. The molecule has 0 saturated heterocycles. The van der Waals surface area contributed by atoms with Gasteiger partial charge < -0.3 is 20.3 Å². The van der Waals surface area contributed by atoms with E-state index in [2.05, 4.69) is 31.3 Å². The summed E-state index contributed by atoms with van der Waals surface area (Å²) in [6.07, 6.45) is 82.8. The van der Waals surface area contributed by atoms with Gasteiger partial charge in [0.2, 0.25) is 5.91 Å². The normalized spacial score (nSPS) is 12.5. The average Bonchev–Trinajstić information content (AvgIpc) is 3.43. The number of allylic oxidation sites excluding steroid dienone is 2. The molecular formula is C71H139NO5. The Morgan fingerprint density at radius 1 is 0.351 bits per heavy atom. The van der Waals surface area contributed by atoms with E-state index in [1.165, 1.54) is 334 Å². The number of unbranched alkanes of at least 4 members (excludes halogenated alkanes) is 54. The van der Waals surface area contributed by atoms with Crippen molar-refractivity contribution in [1.29, 1.82) is 0 Å². The average molecular weight is 1090 g/mol. The third-order valence-electron chi connectivity index (χ3n) is 16.8. The molecule has 6 nitrogen and oxygen atoms in total. The van der Waals surface area contributed by atoms with Gasteiger partial charge in [-0.1, -0.05) is 353 Å². The minimum Gasteiger partial charge on any atom is -0.466 e. The molecule has 0 spiro atoms. The fourth-order valence-electron chi connectivity index (χ4n) is 11.4. The Morgan fingerprint density at radius 2 is 0.610 bits per heavy atom. The Balaban J connectivity index is 3.29. The molecule has 6 heteroatoms. The Bertz CT molecular complexity index is 1160. The van der Waals surface area contributed by atoms with Gasteiger partial charge in [0.1, 0.15) is 0 Å². The molecule has 0 fully saturated rings. The molecule has 1 amide bonds. The lowest BCUT2D eigenvalue weighted by Crippen LogP contribution is -2.45. The zero-order valence-corrected chi connectivity index (χ0v) is 52.5. The number of hydrogen-bond acceptors (Lipinski definition) is 5. The van der Waals surface area contributed by atoms with Gasteiger partial charge in [-0.05, 0) is 51.4 Å². The van der Waals surface area contributed by atoms with Crippen LogP contribution in [0.4, 0.5) is 0 Å². The molecular weight excluding hydrogens is 947 g/mol. The molecule has 458 valence electrons. The predicted molar refractivity (Wildman–Crippen MR) is 338 cm³/mol. The first kappa shape index (κ1) is 75.6. The Kier molecular flexibility index (Phi) is 65.9. The summed E-state index contributed by atoms with van der Waals surface area (Å²) in [6.45, 7) is 4.98. The number of carbonyl (C=O) groups excluding carboxylic acids is 2. The van der Waals surface area contributed by atoms with Crippen LogP contribution in [-0.4, -0.2) is 47.4 Å². The lowest BCUT2D eigenvalue weighted by molar-refractivity contribution is -0.143. The highest BCUT2D eigenvalue weighted by molar-refractivity contribution is 5.76. The van der Waals surface area contributed by atoms with Crippen molar-refractivity contribution in [2.45, 2.75) is 418 Å². The van der Waals surface area contributed by atoms with Gasteiger partial charge in [0.25, 0.3) is 0 Å². The van der Waals surface area contributed by atoms with E-state index in [0.29, 0.717) is 25.9 Å². The van der Waals surface area contributed by atoms with Crippen molar-refractivity contribution >= 4 is 11.9 Å². The Labute approximate surface area is 482 Å². The number of rotatable bonds is 67. The maximum absolute atomic E-state index is 12.5. The van der Waals surface area contributed by atoms with Gasteiger partial charge in [-0.15, -0.1) is 0 Å². The molecule has 2 atom stereocenters. The number of nitrogens with one attached hydrogen (secondary N) is 1. The molecule has 2 unspecified atom stereocenters. The van der Waals surface area contributed by atoms with E-state index >= 15 is 0 Å². The van der Waals surface area contributed by atoms with Crippen LogP contribution in [0.25, 0.3) is 0 Å². The number of ether oxygens (including phenoxy) is 1. The van der Waals surface area contributed by atoms with Gasteiger partial charge in [-0.25, -0.2) is 0 Å². The minimum absolute atomic E-state index is 0.0206. The molecule has 0 heterocycles. The molecule has 77 heavy (non-hydrogen) atoms. The van der Waals surface area contributed by atoms with E-state index in [9.17, 15) is 19.8 Å². The monoisotopic (exact) mass is 1090 g/mol. The molecule has 0 aliphatic heterocycles. The van der Waals surface area contributed by atoms with Gasteiger partial charge in [0, 0.05) is 12.8 Å². The van der Waals surface area contributed by atoms with Crippen molar-refractivity contribution in [1.82, 2.24) is 5.32 Å². The molecule has 0 aromatic heterocycles. The fraction of sp³-hybridized carbons (Fsp3) is 0.944. The van der Waals surface area contributed by atoms with Gasteiger partial charge in [0.05, 0.1) is 25.4 Å². The second kappa shape index (κ2) is 67.1. The number of aliphatic hydroxyl groups is 2. The molecule has 0 aliphatic carbocycles. The first-order chi connectivity index (χ1) is 38.0. The number of esters is 1. The summed E-state index contributed by atoms with van der Waals surface area (Å²) in [5, 5.41) is 23.2. The molecule has 0 rings (SSSR count). The van der Waals surface area contributed by atoms with Crippen LogP contribution in [0, 0.1) is 0 Å². The van der Waals surface area contributed by atoms with Gasteiger partial charge >= 0.3 is 5.97 Å². The third kappa shape index (κ3) is 63.6. The van der Waals surface area contributed by atoms with Crippen molar-refractivity contribution < 1.29 is 24.5 Å². The van der Waals surface area contributed by atoms with Crippen LogP contribution < -0.4 is 5.32 Å². The van der Waals surface area contributed by atoms with Gasteiger partial charge in [0.15, 0.2) is 0 Å². The van der Waals surface area contributed by atoms with Crippen molar-refractivity contribution in [3.63, 3.8) is 0 Å². The first-order valence-corrected chi connectivity index (χ1v) is 35.4. The highest BCUT2D eigenvalue weighted by Gasteiger charge is 2.20. The second-order valence-electron chi connectivity index (χ2n) is 24.6. The Hall–Kier alpha value is -1.40. The van der Waals surface area contributed by atoms with E-state index in [0.717, 1.165) is 38.5 Å². The SMILES string of the molecule is CCCCCCCC/C=C\CCCCCCCCCCCC(=O)OCCCCCCCCCCCCCCCCCCCCCCCCCCCCCCCCC(=O)NC(CO)C(O)CCCCCCCCCCCCC. The lowest BCUT2D eigenvalue weighted by Gasteiger charge is -2.22. The molecule has 0 radical (unpaired) electrons. The van der Waals surface area contributed by atoms with E-state index in [1.807, 2.05) is 0 Å². The summed E-state index contributed by atoms with van der Waals surface area (Å²) in [6, 6.07) is -0.536. The standard InChI is InChI=1S/C71H139NO5/c1-3-5-7-9-11-13-15-16-17-18-31-35-38-41-45-49-53-57-61-65-71(76)77-66-62-58-54-50-46-42-39-36-33-30-28-26-24-22-20-19-21-23-25-27-29-32-34-37-40-44-48-52-56-60-64-70(75)72-68(67-73)69(74)63-59-55-51-47-43-14-12-10-8-6-4-2/h16-17,68-69,73-74H,3-15,18-67H2,1-2H3,(H,72,75)/b17-16-. The molecule has 0 aromatic rings. The topological polar surface area (TPSA) is 95.9 Å². The maximum atomic E-state index is 12.5. The van der Waals surface area contributed by atoms with Crippen LogP contribution >= 0.6 is 0 Å². The zero-order valence-electron chi connectivity index (χ0n) is 52.5. The van der Waals surface area contributed by atoms with E-state index in [1.54, 1.807) is 0 Å². The van der Waals surface area contributed by atoms with E-state index in [4.69, 9.17) is 4.74 Å². The number of aliphatic hydroxyl groups excluding tert-OH is 2. The quantitative estimate of drug-likeness (QED) is 0.0320. The van der Waals surface area contributed by atoms with Crippen LogP contribution in [0.15, 0.2) is 12.2 Å². The Morgan fingerprint density at radius 3 is 0.922 bits per heavy atom. The second-order valence-corrected chi connectivity index (χ2v) is 24.6. The smallest absolute Gasteiger partial charge is 0.305 e. The third-order valence-corrected chi connectivity index (χ3v) is 16.8. The number of carbonyl (C=O) groups is 2. The highest BCUT2D eigenvalue weighted by Crippen LogP contribution is 2.19. The maximum Gasteiger partial charge on any atom is 0.305 e. The minimum atomic E-state index is -0.659. The van der Waals surface area contributed by atoms with Gasteiger partial charge in [-0.2, -0.15) is 0 Å².